The maximum atomic E-state index is 5.52. The predicted molar refractivity (Wildman–Crippen MR) is 79.5 cm³/mol. The predicted octanol–water partition coefficient (Wildman–Crippen LogP) is 3.92. The van der Waals surface area contributed by atoms with Gasteiger partial charge in [0.1, 0.15) is 6.61 Å². The van der Waals surface area contributed by atoms with E-state index in [1.807, 2.05) is 42.6 Å². The summed E-state index contributed by atoms with van der Waals surface area (Å²) in [5.41, 5.74) is 3.54. The monoisotopic (exact) mass is 266 g/mol. The molecule has 1 fully saturated rings. The molecule has 1 aromatic carbocycles. The second-order valence-corrected chi connectivity index (χ2v) is 5.07. The van der Waals surface area contributed by atoms with E-state index >= 15 is 0 Å². The van der Waals surface area contributed by atoms with Gasteiger partial charge in [-0.15, -0.1) is 0 Å². The van der Waals surface area contributed by atoms with E-state index in [0.29, 0.717) is 12.5 Å². The molecule has 3 nitrogen and oxygen atoms in total. The first-order valence-electron chi connectivity index (χ1n) is 7.06. The molecule has 3 rings (SSSR count). The molecule has 1 atom stereocenters. The zero-order chi connectivity index (χ0) is 13.6. The minimum Gasteiger partial charge on any atom is -0.391 e. The van der Waals surface area contributed by atoms with Crippen LogP contribution in [0.25, 0.3) is 0 Å². The summed E-state index contributed by atoms with van der Waals surface area (Å²) in [4.78, 5) is 9.72. The van der Waals surface area contributed by atoms with Crippen LogP contribution in [0.4, 0.5) is 0 Å². The van der Waals surface area contributed by atoms with Crippen molar-refractivity contribution in [2.24, 2.45) is 5.16 Å². The molecule has 0 amide bonds. The fourth-order valence-electron chi connectivity index (χ4n) is 2.64. The van der Waals surface area contributed by atoms with Crippen LogP contribution in [0.15, 0.2) is 60.0 Å². The lowest BCUT2D eigenvalue weighted by molar-refractivity contribution is 0.129. The lowest BCUT2D eigenvalue weighted by atomic mass is 9.98. The Labute approximate surface area is 119 Å². The molecule has 1 aromatic heterocycles. The van der Waals surface area contributed by atoms with Gasteiger partial charge in [0, 0.05) is 18.3 Å². The van der Waals surface area contributed by atoms with E-state index in [0.717, 1.165) is 24.1 Å². The summed E-state index contributed by atoms with van der Waals surface area (Å²) in [5.74, 6) is 0.375. The first kappa shape index (κ1) is 12.9. The van der Waals surface area contributed by atoms with Gasteiger partial charge in [-0.05, 0) is 36.5 Å². The Bertz CT molecular complexity index is 566. The van der Waals surface area contributed by atoms with Crippen LogP contribution >= 0.6 is 0 Å². The van der Waals surface area contributed by atoms with Crippen molar-refractivity contribution in [3.05, 3.63) is 66.0 Å². The van der Waals surface area contributed by atoms with Crippen molar-refractivity contribution in [1.82, 2.24) is 4.98 Å². The zero-order valence-electron chi connectivity index (χ0n) is 11.4. The Balaban J connectivity index is 1.65. The summed E-state index contributed by atoms with van der Waals surface area (Å²) in [7, 11) is 0. The lowest BCUT2D eigenvalue weighted by Gasteiger charge is -2.10. The van der Waals surface area contributed by atoms with Crippen LogP contribution in [0, 0.1) is 0 Å². The second-order valence-electron chi connectivity index (χ2n) is 5.07. The number of oxime groups is 1. The molecule has 1 aliphatic carbocycles. The third kappa shape index (κ3) is 3.05. The fraction of sp³-hybridized carbons (Fsp3) is 0.294. The molecule has 1 unspecified atom stereocenters. The lowest BCUT2D eigenvalue weighted by Crippen LogP contribution is -2.06. The highest BCUT2D eigenvalue weighted by molar-refractivity contribution is 5.92. The molecule has 2 aromatic rings. The van der Waals surface area contributed by atoms with Crippen molar-refractivity contribution in [2.45, 2.75) is 31.8 Å². The standard InChI is InChI=1S/C17H18N2O/c1-2-6-14(7-3-1)13-20-19-17-10-4-9-16(17)15-8-5-11-18-12-15/h1-3,5-8,11-12,16H,4,9-10,13H2/b19-17-. The van der Waals surface area contributed by atoms with Crippen LogP contribution in [0.1, 0.15) is 36.3 Å². The van der Waals surface area contributed by atoms with Gasteiger partial charge in [-0.3, -0.25) is 4.98 Å². The van der Waals surface area contributed by atoms with Crippen LogP contribution in [-0.4, -0.2) is 10.7 Å². The number of pyridine rings is 1. The van der Waals surface area contributed by atoms with Crippen LogP contribution < -0.4 is 0 Å². The number of hydrogen-bond acceptors (Lipinski definition) is 3. The summed E-state index contributed by atoms with van der Waals surface area (Å²) >= 11 is 0. The Kier molecular flexibility index (Phi) is 4.07. The molecule has 0 N–H and O–H groups in total. The van der Waals surface area contributed by atoms with Crippen molar-refractivity contribution < 1.29 is 4.84 Å². The van der Waals surface area contributed by atoms with Gasteiger partial charge in [-0.1, -0.05) is 41.6 Å². The zero-order valence-corrected chi connectivity index (χ0v) is 11.4. The average molecular weight is 266 g/mol. The van der Waals surface area contributed by atoms with Crippen molar-refractivity contribution in [2.75, 3.05) is 0 Å². The Morgan fingerprint density at radius 1 is 1.15 bits per heavy atom. The summed E-state index contributed by atoms with van der Waals surface area (Å²) in [6.07, 6.45) is 7.07. The molecule has 1 aliphatic rings. The summed E-state index contributed by atoms with van der Waals surface area (Å²) in [6.45, 7) is 0.532. The van der Waals surface area contributed by atoms with Crippen molar-refractivity contribution in [1.29, 1.82) is 0 Å². The molecular formula is C17H18N2O. The van der Waals surface area contributed by atoms with Gasteiger partial charge in [0.2, 0.25) is 0 Å². The van der Waals surface area contributed by atoms with Gasteiger partial charge in [0.15, 0.2) is 0 Å². The Morgan fingerprint density at radius 2 is 2.05 bits per heavy atom. The molecular weight excluding hydrogens is 248 g/mol. The maximum Gasteiger partial charge on any atom is 0.142 e. The molecule has 102 valence electrons. The van der Waals surface area contributed by atoms with Gasteiger partial charge in [-0.2, -0.15) is 0 Å². The number of benzene rings is 1. The minimum atomic E-state index is 0.375. The van der Waals surface area contributed by atoms with Crippen LogP contribution in [0.5, 0.6) is 0 Å². The highest BCUT2D eigenvalue weighted by Gasteiger charge is 2.25. The smallest absolute Gasteiger partial charge is 0.142 e. The van der Waals surface area contributed by atoms with Gasteiger partial charge in [0.25, 0.3) is 0 Å². The van der Waals surface area contributed by atoms with E-state index in [9.17, 15) is 0 Å². The third-order valence-electron chi connectivity index (χ3n) is 3.67. The van der Waals surface area contributed by atoms with E-state index in [-0.39, 0.29) is 0 Å². The highest BCUT2D eigenvalue weighted by Crippen LogP contribution is 2.31. The number of hydrogen-bond donors (Lipinski definition) is 0. The molecule has 0 spiro atoms. The van der Waals surface area contributed by atoms with Crippen LogP contribution in [0.2, 0.25) is 0 Å². The normalized spacial score (nSPS) is 20.2. The van der Waals surface area contributed by atoms with E-state index in [1.54, 1.807) is 6.20 Å². The molecule has 1 saturated carbocycles. The van der Waals surface area contributed by atoms with Crippen molar-refractivity contribution >= 4 is 5.71 Å². The SMILES string of the molecule is c1ccc(CO/N=C2/CCCC2c2cccnc2)cc1. The van der Waals surface area contributed by atoms with Gasteiger partial charge >= 0.3 is 0 Å². The van der Waals surface area contributed by atoms with Gasteiger partial charge in [-0.25, -0.2) is 0 Å². The summed E-state index contributed by atoms with van der Waals surface area (Å²) in [6, 6.07) is 14.2. The first-order valence-corrected chi connectivity index (χ1v) is 7.06. The fourth-order valence-corrected chi connectivity index (χ4v) is 2.64. The molecule has 0 saturated heterocycles. The summed E-state index contributed by atoms with van der Waals surface area (Å²) < 4.78 is 0. The van der Waals surface area contributed by atoms with Crippen LogP contribution in [0.3, 0.4) is 0 Å². The topological polar surface area (TPSA) is 34.5 Å². The molecule has 0 bridgehead atoms. The average Bonchev–Trinajstić information content (AvgIpc) is 2.98. The molecule has 20 heavy (non-hydrogen) atoms. The van der Waals surface area contributed by atoms with Gasteiger partial charge in [0.05, 0.1) is 5.71 Å². The Morgan fingerprint density at radius 3 is 2.85 bits per heavy atom. The largest absolute Gasteiger partial charge is 0.391 e. The Hall–Kier alpha value is -2.16. The molecule has 0 aliphatic heterocycles. The van der Waals surface area contributed by atoms with E-state index in [2.05, 4.69) is 16.2 Å². The van der Waals surface area contributed by atoms with Crippen LogP contribution in [-0.2, 0) is 11.4 Å². The van der Waals surface area contributed by atoms with E-state index in [4.69, 9.17) is 4.84 Å². The highest BCUT2D eigenvalue weighted by atomic mass is 16.6. The number of nitrogens with zero attached hydrogens (tertiary/aromatic N) is 2. The number of aromatic nitrogens is 1. The van der Waals surface area contributed by atoms with Crippen molar-refractivity contribution in [3.8, 4) is 0 Å². The maximum absolute atomic E-state index is 5.52. The van der Waals surface area contributed by atoms with Gasteiger partial charge < -0.3 is 4.84 Å². The third-order valence-corrected chi connectivity index (χ3v) is 3.67. The molecule has 0 radical (unpaired) electrons. The molecule has 1 heterocycles. The second kappa shape index (κ2) is 6.33. The van der Waals surface area contributed by atoms with Crippen molar-refractivity contribution in [3.63, 3.8) is 0 Å². The quantitative estimate of drug-likeness (QED) is 0.786. The first-order chi connectivity index (χ1) is 9.93. The summed E-state index contributed by atoms with van der Waals surface area (Å²) in [5, 5.41) is 4.37. The van der Waals surface area contributed by atoms with E-state index in [1.165, 1.54) is 12.0 Å². The van der Waals surface area contributed by atoms with E-state index < -0.39 is 0 Å². The minimum absolute atomic E-state index is 0.375. The number of rotatable bonds is 4. The molecule has 3 heteroatoms.